The fraction of sp³-hybridized carbons (Fsp3) is 1.00. The van der Waals surface area contributed by atoms with Gasteiger partial charge >= 0.3 is 8.69 Å². The summed E-state index contributed by atoms with van der Waals surface area (Å²) in [5, 5.41) is 0. The largest absolute Gasteiger partial charge is 0.327 e. The van der Waals surface area contributed by atoms with E-state index >= 15 is 0 Å². The Labute approximate surface area is 78.9 Å². The fourth-order valence-electron chi connectivity index (χ4n) is 0.631. The summed E-state index contributed by atoms with van der Waals surface area (Å²) in [6.07, 6.45) is 4.70. The van der Waals surface area contributed by atoms with Crippen LogP contribution in [0.15, 0.2) is 0 Å². The van der Waals surface area contributed by atoms with Crippen LogP contribution in [0.25, 0.3) is 0 Å². The van der Waals surface area contributed by atoms with Crippen LogP contribution in [0.1, 0.15) is 32.6 Å². The number of hydrogen-bond donors (Lipinski definition) is 0. The average Bonchev–Trinajstić information content (AvgIpc) is 1.89. The van der Waals surface area contributed by atoms with E-state index in [9.17, 15) is 4.57 Å². The van der Waals surface area contributed by atoms with Crippen LogP contribution >= 0.6 is 8.69 Å². The van der Waals surface area contributed by atoms with Gasteiger partial charge in [-0.2, -0.15) is 0 Å². The molecule has 0 bridgehead atoms. The van der Waals surface area contributed by atoms with E-state index in [2.05, 4.69) is 11.4 Å². The Balaban J connectivity index is 0. The molecule has 0 radical (unpaired) electrons. The molecule has 0 aromatic rings. The van der Waals surface area contributed by atoms with Gasteiger partial charge in [-0.1, -0.05) is 26.2 Å². The van der Waals surface area contributed by atoms with Crippen molar-refractivity contribution in [2.45, 2.75) is 32.6 Å². The predicted molar refractivity (Wildman–Crippen MR) is 37.7 cm³/mol. The monoisotopic (exact) mass is 196 g/mol. The summed E-state index contributed by atoms with van der Waals surface area (Å²) < 4.78 is 14.3. The van der Waals surface area contributed by atoms with Crippen molar-refractivity contribution in [1.29, 1.82) is 0 Å². The molecule has 0 unspecified atom stereocenters. The van der Waals surface area contributed by atoms with E-state index in [-0.39, 0.29) is 30.4 Å². The van der Waals surface area contributed by atoms with Crippen molar-refractivity contribution in [1.82, 2.24) is 0 Å². The maximum atomic E-state index is 9.71. The van der Waals surface area contributed by atoms with Crippen LogP contribution in [-0.4, -0.2) is 6.61 Å². The summed E-state index contributed by atoms with van der Waals surface area (Å²) in [7, 11) is -0.185. The van der Waals surface area contributed by atoms with Gasteiger partial charge in [-0.3, -0.25) is 4.52 Å². The molecule has 0 aromatic carbocycles. The van der Waals surface area contributed by atoms with Gasteiger partial charge in [-0.25, -0.2) is 4.57 Å². The third-order valence-electron chi connectivity index (χ3n) is 1.14. The molecule has 0 aliphatic heterocycles. The Hall–Kier alpha value is 0.774. The van der Waals surface area contributed by atoms with Gasteiger partial charge in [0.2, 0.25) is 0 Å². The molecule has 0 amide bonds. The van der Waals surface area contributed by atoms with Crippen LogP contribution in [0.3, 0.4) is 0 Å². The van der Waals surface area contributed by atoms with E-state index in [0.717, 1.165) is 6.42 Å². The second-order valence-corrected chi connectivity index (χ2v) is 2.38. The molecule has 2 nitrogen and oxygen atoms in total. The van der Waals surface area contributed by atoms with Gasteiger partial charge in [-0.05, 0) is 6.42 Å². The molecular formula is C6H13O2PTi. The van der Waals surface area contributed by atoms with E-state index in [0.29, 0.717) is 6.61 Å². The molecular weight excluding hydrogens is 183 g/mol. The molecule has 0 saturated carbocycles. The summed E-state index contributed by atoms with van der Waals surface area (Å²) in [5.74, 6) is 0. The second-order valence-electron chi connectivity index (χ2n) is 1.97. The SMILES string of the molecule is CCCCCCOP=O.[Ti]. The summed E-state index contributed by atoms with van der Waals surface area (Å²) in [6, 6.07) is 0. The minimum absolute atomic E-state index is 0. The number of rotatable bonds is 6. The normalized spacial score (nSPS) is 9.30. The minimum Gasteiger partial charge on any atom is -0.294 e. The van der Waals surface area contributed by atoms with E-state index < -0.39 is 0 Å². The first-order valence-corrected chi connectivity index (χ1v) is 4.09. The Morgan fingerprint density at radius 3 is 2.50 bits per heavy atom. The van der Waals surface area contributed by atoms with Crippen molar-refractivity contribution in [2.24, 2.45) is 0 Å². The van der Waals surface area contributed by atoms with Gasteiger partial charge in [0.1, 0.15) is 0 Å². The summed E-state index contributed by atoms with van der Waals surface area (Å²) in [5.41, 5.74) is 0. The topological polar surface area (TPSA) is 26.3 Å². The zero-order valence-corrected chi connectivity index (χ0v) is 8.76. The summed E-state index contributed by atoms with van der Waals surface area (Å²) in [6.45, 7) is 2.79. The molecule has 0 saturated heterocycles. The van der Waals surface area contributed by atoms with E-state index in [4.69, 9.17) is 0 Å². The minimum atomic E-state index is -0.185. The van der Waals surface area contributed by atoms with Gasteiger partial charge < -0.3 is 0 Å². The van der Waals surface area contributed by atoms with Gasteiger partial charge in [0.15, 0.2) is 0 Å². The van der Waals surface area contributed by atoms with Crippen molar-refractivity contribution in [3.8, 4) is 0 Å². The molecule has 10 heavy (non-hydrogen) atoms. The average molecular weight is 196 g/mol. The van der Waals surface area contributed by atoms with Crippen molar-refractivity contribution in [2.75, 3.05) is 6.61 Å². The maximum Gasteiger partial charge on any atom is 0.327 e. The quantitative estimate of drug-likeness (QED) is 0.371. The maximum absolute atomic E-state index is 9.71. The van der Waals surface area contributed by atoms with E-state index in [1.54, 1.807) is 0 Å². The first-order valence-electron chi connectivity index (χ1n) is 3.36. The first-order chi connectivity index (χ1) is 4.41. The van der Waals surface area contributed by atoms with Crippen molar-refractivity contribution in [3.63, 3.8) is 0 Å². The molecule has 0 atom stereocenters. The zero-order valence-electron chi connectivity index (χ0n) is 6.30. The third-order valence-corrected chi connectivity index (χ3v) is 1.43. The molecule has 0 fully saturated rings. The summed E-state index contributed by atoms with van der Waals surface area (Å²) in [4.78, 5) is 0. The molecule has 0 N–H and O–H groups in total. The van der Waals surface area contributed by atoms with Gasteiger partial charge in [0.25, 0.3) is 0 Å². The molecule has 0 spiro atoms. The molecule has 0 heterocycles. The number of hydrogen-bond acceptors (Lipinski definition) is 2. The van der Waals surface area contributed by atoms with Gasteiger partial charge in [-0.15, -0.1) is 0 Å². The molecule has 58 valence electrons. The van der Waals surface area contributed by atoms with Crippen LogP contribution in [0.5, 0.6) is 0 Å². The Bertz CT molecular complexity index is 70.8. The smallest absolute Gasteiger partial charge is 0.294 e. The van der Waals surface area contributed by atoms with Crippen molar-refractivity contribution in [3.05, 3.63) is 0 Å². The molecule has 4 heteroatoms. The Morgan fingerprint density at radius 2 is 2.00 bits per heavy atom. The molecule has 0 rings (SSSR count). The van der Waals surface area contributed by atoms with Gasteiger partial charge in [0, 0.05) is 21.7 Å². The van der Waals surface area contributed by atoms with E-state index in [1.165, 1.54) is 19.3 Å². The third kappa shape index (κ3) is 11.6. The summed E-state index contributed by atoms with van der Waals surface area (Å²) >= 11 is 0. The van der Waals surface area contributed by atoms with E-state index in [1.807, 2.05) is 0 Å². The van der Waals surface area contributed by atoms with Crippen LogP contribution < -0.4 is 0 Å². The Kier molecular flexibility index (Phi) is 16.6. The van der Waals surface area contributed by atoms with Crippen LogP contribution in [0.2, 0.25) is 0 Å². The van der Waals surface area contributed by atoms with Crippen LogP contribution in [-0.2, 0) is 30.8 Å². The zero-order chi connectivity index (χ0) is 6.95. The van der Waals surface area contributed by atoms with Crippen LogP contribution in [0.4, 0.5) is 0 Å². The molecule has 0 aliphatic carbocycles. The van der Waals surface area contributed by atoms with Crippen LogP contribution in [0, 0.1) is 0 Å². The Morgan fingerprint density at radius 1 is 1.30 bits per heavy atom. The second kappa shape index (κ2) is 12.5. The first kappa shape index (κ1) is 13.4. The predicted octanol–water partition coefficient (Wildman–Crippen LogP) is 2.79. The van der Waals surface area contributed by atoms with Gasteiger partial charge in [0.05, 0.1) is 6.61 Å². The standard InChI is InChI=1S/C6H13O2P.Ti/c1-2-3-4-5-6-8-9-7;/h2-6H2,1H3;. The van der Waals surface area contributed by atoms with Crippen molar-refractivity contribution < 1.29 is 30.8 Å². The molecule has 0 aromatic heterocycles. The number of unbranched alkanes of at least 4 members (excludes halogenated alkanes) is 3. The van der Waals surface area contributed by atoms with Crippen molar-refractivity contribution >= 4 is 8.69 Å². The molecule has 0 aliphatic rings. The fourth-order valence-corrected chi connectivity index (χ4v) is 0.834.